The van der Waals surface area contributed by atoms with Crippen molar-refractivity contribution in [3.8, 4) is 23.6 Å². The van der Waals surface area contributed by atoms with Gasteiger partial charge in [0.2, 0.25) is 0 Å². The predicted octanol–water partition coefficient (Wildman–Crippen LogP) is -0.639. The molecule has 8 heteroatoms. The van der Waals surface area contributed by atoms with Crippen LogP contribution in [0, 0.1) is 33.5 Å². The maximum atomic E-state index is 10.2. The highest BCUT2D eigenvalue weighted by atomic mass is 16.8. The van der Waals surface area contributed by atoms with Crippen molar-refractivity contribution in [2.75, 3.05) is 20.8 Å². The first-order valence-electron chi connectivity index (χ1n) is 8.23. The van der Waals surface area contributed by atoms with E-state index in [4.69, 9.17) is 24.7 Å². The lowest BCUT2D eigenvalue weighted by atomic mass is 9.93. The fourth-order valence-electron chi connectivity index (χ4n) is 4.49. The van der Waals surface area contributed by atoms with Crippen LogP contribution in [0.2, 0.25) is 0 Å². The molecule has 0 bridgehead atoms. The molecule has 2 aliphatic heterocycles. The topological polar surface area (TPSA) is 124 Å². The minimum Gasteiger partial charge on any atom is -0.497 e. The molecule has 0 aromatic heterocycles. The van der Waals surface area contributed by atoms with Crippen molar-refractivity contribution >= 4 is 5.84 Å². The van der Waals surface area contributed by atoms with Crippen molar-refractivity contribution in [2.24, 2.45) is 16.6 Å². The number of rotatable bonds is 3. The standard InChI is InChI=1S/C18H18N4O4/c1-10-7-25-18(26-10)17(9-20)14(16(17,8-19)15(21)22-18)12-5-4-11(23-2)6-13(12)24-3/h4-6,10,14H,7H2,1-3H3,(H2,21,22)/p+1/t10-,14-,16-,17-,18+/m1/s1. The van der Waals surface area contributed by atoms with E-state index in [1.165, 1.54) is 7.11 Å². The Balaban J connectivity index is 1.91. The summed E-state index contributed by atoms with van der Waals surface area (Å²) in [5.41, 5.74) is 4.31. The number of methoxy groups -OCH3 is 2. The zero-order chi connectivity index (χ0) is 18.7. The van der Waals surface area contributed by atoms with Gasteiger partial charge in [0.05, 0.1) is 45.0 Å². The number of fused-ring (bicyclic) bond motifs is 2. The summed E-state index contributed by atoms with van der Waals surface area (Å²) in [6.07, 6.45) is -0.228. The monoisotopic (exact) mass is 355 g/mol. The number of amidine groups is 1. The van der Waals surface area contributed by atoms with Gasteiger partial charge in [-0.25, -0.2) is 4.99 Å². The lowest BCUT2D eigenvalue weighted by Gasteiger charge is -2.24. The average Bonchev–Trinajstić information content (AvgIpc) is 3.04. The van der Waals surface area contributed by atoms with Crippen LogP contribution in [0.3, 0.4) is 0 Å². The van der Waals surface area contributed by atoms with Gasteiger partial charge in [0.15, 0.2) is 10.8 Å². The molecule has 134 valence electrons. The molecule has 5 atom stereocenters. The van der Waals surface area contributed by atoms with Gasteiger partial charge in [0.25, 0.3) is 5.84 Å². The van der Waals surface area contributed by atoms with Gasteiger partial charge in [-0.1, -0.05) is 6.07 Å². The van der Waals surface area contributed by atoms with Gasteiger partial charge < -0.3 is 18.9 Å². The molecule has 2 heterocycles. The minimum atomic E-state index is -1.45. The molecule has 1 saturated carbocycles. The van der Waals surface area contributed by atoms with Gasteiger partial charge in [-0.3, -0.25) is 5.73 Å². The second-order valence-electron chi connectivity index (χ2n) is 6.78. The number of nitrogens with two attached hydrogens (primary N) is 1. The Morgan fingerprint density at radius 2 is 2.04 bits per heavy atom. The molecule has 3 N–H and O–H groups in total. The van der Waals surface area contributed by atoms with Crippen molar-refractivity contribution < 1.29 is 23.9 Å². The number of benzene rings is 1. The van der Waals surface area contributed by atoms with E-state index in [1.54, 1.807) is 25.3 Å². The highest BCUT2D eigenvalue weighted by Crippen LogP contribution is 2.80. The maximum Gasteiger partial charge on any atom is 0.343 e. The van der Waals surface area contributed by atoms with E-state index < -0.39 is 22.7 Å². The summed E-state index contributed by atoms with van der Waals surface area (Å²) < 4.78 is 22.5. The van der Waals surface area contributed by atoms with Crippen molar-refractivity contribution in [2.45, 2.75) is 24.9 Å². The Hall–Kier alpha value is -2.81. The van der Waals surface area contributed by atoms with E-state index in [1.807, 2.05) is 6.92 Å². The molecule has 0 unspecified atom stereocenters. The third-order valence-corrected chi connectivity index (χ3v) is 5.64. The van der Waals surface area contributed by atoms with Crippen molar-refractivity contribution in [1.82, 2.24) is 0 Å². The second kappa shape index (κ2) is 5.10. The van der Waals surface area contributed by atoms with Crippen LogP contribution < -0.4 is 20.2 Å². The van der Waals surface area contributed by atoms with E-state index >= 15 is 0 Å². The summed E-state index contributed by atoms with van der Waals surface area (Å²) in [6, 6.07) is 9.82. The summed E-state index contributed by atoms with van der Waals surface area (Å²) in [5.74, 6) is -0.700. The molecule has 1 spiro atoms. The van der Waals surface area contributed by atoms with Gasteiger partial charge in [-0.05, 0) is 13.0 Å². The molecule has 8 nitrogen and oxygen atoms in total. The van der Waals surface area contributed by atoms with Crippen molar-refractivity contribution in [1.29, 1.82) is 10.5 Å². The second-order valence-corrected chi connectivity index (χ2v) is 6.78. The summed E-state index contributed by atoms with van der Waals surface area (Å²) in [5, 5.41) is 20.2. The highest BCUT2D eigenvalue weighted by Gasteiger charge is 2.98. The minimum absolute atomic E-state index is 0.179. The quantitative estimate of drug-likeness (QED) is 0.739. The third-order valence-electron chi connectivity index (χ3n) is 5.64. The lowest BCUT2D eigenvalue weighted by Crippen LogP contribution is -2.90. The summed E-state index contributed by atoms with van der Waals surface area (Å²) in [4.78, 5) is 2.94. The number of hydrogen-bond donors (Lipinski definition) is 2. The molecule has 1 aromatic rings. The van der Waals surface area contributed by atoms with Crippen molar-refractivity contribution in [3.63, 3.8) is 0 Å². The van der Waals surface area contributed by atoms with Crippen molar-refractivity contribution in [3.05, 3.63) is 23.8 Å². The molecule has 0 amide bonds. The Labute approximate surface area is 150 Å². The summed E-state index contributed by atoms with van der Waals surface area (Å²) in [6.45, 7) is 2.15. The molecule has 1 aliphatic carbocycles. The van der Waals surface area contributed by atoms with Crippen LogP contribution in [-0.4, -0.2) is 38.7 Å². The maximum absolute atomic E-state index is 10.2. The van der Waals surface area contributed by atoms with E-state index in [-0.39, 0.29) is 11.9 Å². The number of nitrogens with zero attached hydrogens (tertiary/aromatic N) is 2. The smallest absolute Gasteiger partial charge is 0.343 e. The first kappa shape index (κ1) is 16.6. The Morgan fingerprint density at radius 1 is 1.27 bits per heavy atom. The SMILES string of the molecule is COc1ccc([C@H]2[C@@]3(C#N)[C@]4([NH+]=C(N)[C@@]23C#N)OC[C@@H](C)O4)c(OC)c1. The Kier molecular flexibility index (Phi) is 3.27. The summed E-state index contributed by atoms with van der Waals surface area (Å²) >= 11 is 0. The largest absolute Gasteiger partial charge is 0.497 e. The van der Waals surface area contributed by atoms with Gasteiger partial charge in [0.1, 0.15) is 11.5 Å². The lowest BCUT2D eigenvalue weighted by molar-refractivity contribution is -0.677. The van der Waals surface area contributed by atoms with Crippen LogP contribution in [0.15, 0.2) is 18.2 Å². The average molecular weight is 355 g/mol. The van der Waals surface area contributed by atoms with Crippen LogP contribution in [0.25, 0.3) is 0 Å². The predicted molar refractivity (Wildman–Crippen MR) is 87.8 cm³/mol. The van der Waals surface area contributed by atoms with E-state index in [0.29, 0.717) is 23.7 Å². The van der Waals surface area contributed by atoms with E-state index in [2.05, 4.69) is 17.1 Å². The number of ether oxygens (including phenoxy) is 4. The first-order valence-corrected chi connectivity index (χ1v) is 8.23. The fraction of sp³-hybridized carbons (Fsp3) is 0.500. The van der Waals surface area contributed by atoms with Crippen LogP contribution in [0.5, 0.6) is 11.5 Å². The molecule has 0 radical (unpaired) electrons. The van der Waals surface area contributed by atoms with E-state index in [0.717, 1.165) is 0 Å². The van der Waals surface area contributed by atoms with Crippen LogP contribution >= 0.6 is 0 Å². The van der Waals surface area contributed by atoms with Gasteiger partial charge in [-0.15, -0.1) is 0 Å². The number of hydrogen-bond acceptors (Lipinski definition) is 7. The summed E-state index contributed by atoms with van der Waals surface area (Å²) in [7, 11) is 3.08. The molecule has 26 heavy (non-hydrogen) atoms. The molecule has 1 saturated heterocycles. The molecule has 3 aliphatic rings. The van der Waals surface area contributed by atoms with Crippen LogP contribution in [0.4, 0.5) is 0 Å². The molecule has 2 fully saturated rings. The highest BCUT2D eigenvalue weighted by molar-refractivity contribution is 5.95. The fourth-order valence-corrected chi connectivity index (χ4v) is 4.49. The Bertz CT molecular complexity index is 903. The number of nitriles is 2. The number of nitrogens with one attached hydrogen (secondary N) is 1. The molecular weight excluding hydrogens is 336 g/mol. The van der Waals surface area contributed by atoms with Crippen LogP contribution in [0.1, 0.15) is 18.4 Å². The molecule has 1 aromatic carbocycles. The van der Waals surface area contributed by atoms with Gasteiger partial charge in [0, 0.05) is 11.6 Å². The van der Waals surface area contributed by atoms with Crippen LogP contribution in [-0.2, 0) is 9.47 Å². The molecular formula is C18H19N4O4+. The zero-order valence-electron chi connectivity index (χ0n) is 14.7. The molecule has 4 rings (SSSR count). The van der Waals surface area contributed by atoms with Gasteiger partial charge in [-0.2, -0.15) is 10.5 Å². The van der Waals surface area contributed by atoms with Gasteiger partial charge >= 0.3 is 5.91 Å². The third kappa shape index (κ3) is 1.57. The zero-order valence-corrected chi connectivity index (χ0v) is 14.7. The van der Waals surface area contributed by atoms with E-state index in [9.17, 15) is 10.5 Å². The Morgan fingerprint density at radius 3 is 2.58 bits per heavy atom. The normalized spacial score (nSPS) is 39.7. The first-order chi connectivity index (χ1) is 12.5.